The number of allylic oxidation sites excluding steroid dienone is 1. The number of carbonyl (C=O) groups is 1. The largest absolute Gasteiger partial charge is 0.370 e. The highest BCUT2D eigenvalue weighted by atomic mass is 35.5. The maximum atomic E-state index is 12.1. The lowest BCUT2D eigenvalue weighted by molar-refractivity contribution is 0.100. The predicted molar refractivity (Wildman–Crippen MR) is 96.2 cm³/mol. The van der Waals surface area contributed by atoms with Gasteiger partial charge in [-0.3, -0.25) is 9.78 Å². The number of aryl methyl sites for hydroxylation is 1. The van der Waals surface area contributed by atoms with Crippen molar-refractivity contribution in [1.82, 2.24) is 4.98 Å². The molecule has 0 spiro atoms. The molecular weight excluding hydrogens is 347 g/mol. The molecule has 0 saturated heterocycles. The fraction of sp³-hybridized carbons (Fsp3) is 0.118. The summed E-state index contributed by atoms with van der Waals surface area (Å²) in [6.07, 6.45) is 6.89. The number of aromatic nitrogens is 1. The molecule has 0 fully saturated rings. The van der Waals surface area contributed by atoms with Crippen molar-refractivity contribution in [3.8, 4) is 0 Å². The number of nitrogens with zero attached hydrogens (tertiary/aromatic N) is 2. The maximum absolute atomic E-state index is 12.1. The second-order valence-electron chi connectivity index (χ2n) is 5.35. The minimum Gasteiger partial charge on any atom is -0.370 e. The van der Waals surface area contributed by atoms with Gasteiger partial charge in [0.1, 0.15) is 0 Å². The molecule has 3 rings (SSSR count). The zero-order valence-electron chi connectivity index (χ0n) is 12.6. The molecule has 1 aliphatic rings. The number of halogens is 2. The van der Waals surface area contributed by atoms with Crippen molar-refractivity contribution in [3.63, 3.8) is 0 Å². The Balaban J connectivity index is 2.13. The third kappa shape index (κ3) is 3.13. The standard InChI is InChI=1S/C17H14Cl2N4O/c18-13-7-22-8-14(19)15(13)11-3-1-2-9-4-5-10(6-12(9)11)16(24)23-17(20)21/h3-8H,1-2H2,(H4,20,21,23,24). The third-order valence-corrected chi connectivity index (χ3v) is 4.34. The zero-order chi connectivity index (χ0) is 17.3. The topological polar surface area (TPSA) is 94.4 Å². The van der Waals surface area contributed by atoms with Gasteiger partial charge in [-0.2, -0.15) is 4.99 Å². The molecule has 0 aliphatic heterocycles. The smallest absolute Gasteiger partial charge is 0.280 e. The normalized spacial score (nSPS) is 13.0. The molecule has 2 aromatic rings. The molecule has 1 aromatic carbocycles. The Morgan fingerprint density at radius 1 is 1.17 bits per heavy atom. The van der Waals surface area contributed by atoms with E-state index in [1.165, 1.54) is 0 Å². The number of hydrogen-bond donors (Lipinski definition) is 2. The van der Waals surface area contributed by atoms with Gasteiger partial charge in [-0.1, -0.05) is 35.3 Å². The zero-order valence-corrected chi connectivity index (χ0v) is 14.1. The van der Waals surface area contributed by atoms with Crippen LogP contribution in [0.4, 0.5) is 0 Å². The van der Waals surface area contributed by atoms with E-state index in [0.717, 1.165) is 29.5 Å². The van der Waals surface area contributed by atoms with Crippen molar-refractivity contribution in [2.45, 2.75) is 12.8 Å². The first-order chi connectivity index (χ1) is 11.5. The summed E-state index contributed by atoms with van der Waals surface area (Å²) >= 11 is 12.6. The average Bonchev–Trinajstić information content (AvgIpc) is 2.53. The molecule has 1 aliphatic carbocycles. The Hall–Kier alpha value is -2.37. The number of aliphatic imine (C=N–C) groups is 1. The lowest BCUT2D eigenvalue weighted by atomic mass is 9.86. The molecular formula is C17H14Cl2N4O. The third-order valence-electron chi connectivity index (χ3n) is 3.76. The fourth-order valence-electron chi connectivity index (χ4n) is 2.75. The Bertz CT molecular complexity index is 866. The number of guanidine groups is 1. The minimum absolute atomic E-state index is 0.270. The van der Waals surface area contributed by atoms with Crippen LogP contribution in [0.15, 0.2) is 41.7 Å². The Labute approximate surface area is 149 Å². The van der Waals surface area contributed by atoms with Crippen molar-refractivity contribution in [3.05, 3.63) is 69.0 Å². The number of nitrogens with two attached hydrogens (primary N) is 2. The first kappa shape index (κ1) is 16.5. The van der Waals surface area contributed by atoms with E-state index >= 15 is 0 Å². The highest BCUT2D eigenvalue weighted by molar-refractivity contribution is 6.37. The molecule has 1 amide bonds. The summed E-state index contributed by atoms with van der Waals surface area (Å²) in [5, 5.41) is 0.921. The van der Waals surface area contributed by atoms with Gasteiger partial charge in [0.05, 0.1) is 10.0 Å². The Kier molecular flexibility index (Phi) is 4.55. The van der Waals surface area contributed by atoms with E-state index < -0.39 is 5.91 Å². The van der Waals surface area contributed by atoms with E-state index in [1.54, 1.807) is 24.5 Å². The van der Waals surface area contributed by atoms with Gasteiger partial charge in [-0.25, -0.2) is 0 Å². The van der Waals surface area contributed by atoms with Gasteiger partial charge in [0.15, 0.2) is 5.96 Å². The Morgan fingerprint density at radius 3 is 2.54 bits per heavy atom. The molecule has 1 heterocycles. The van der Waals surface area contributed by atoms with E-state index in [0.29, 0.717) is 21.2 Å². The summed E-state index contributed by atoms with van der Waals surface area (Å²) in [7, 11) is 0. The number of benzene rings is 1. The number of hydrogen-bond acceptors (Lipinski definition) is 2. The van der Waals surface area contributed by atoms with E-state index in [1.807, 2.05) is 6.07 Å². The van der Waals surface area contributed by atoms with Crippen LogP contribution >= 0.6 is 23.2 Å². The number of rotatable bonds is 2. The van der Waals surface area contributed by atoms with E-state index in [2.05, 4.69) is 16.1 Å². The van der Waals surface area contributed by atoms with Gasteiger partial charge in [-0.15, -0.1) is 0 Å². The summed E-state index contributed by atoms with van der Waals surface area (Å²) in [5.74, 6) is -0.761. The summed E-state index contributed by atoms with van der Waals surface area (Å²) in [6.45, 7) is 0. The minimum atomic E-state index is -0.491. The predicted octanol–water partition coefficient (Wildman–Crippen LogP) is 3.18. The lowest BCUT2D eigenvalue weighted by Gasteiger charge is -2.20. The van der Waals surface area contributed by atoms with Crippen LogP contribution in [0.3, 0.4) is 0 Å². The van der Waals surface area contributed by atoms with Crippen LogP contribution in [0.1, 0.15) is 33.5 Å². The first-order valence-electron chi connectivity index (χ1n) is 7.24. The van der Waals surface area contributed by atoms with Crippen LogP contribution in [0, 0.1) is 0 Å². The summed E-state index contributed by atoms with van der Waals surface area (Å²) in [5.41, 5.74) is 14.6. The van der Waals surface area contributed by atoms with E-state index in [-0.39, 0.29) is 5.96 Å². The number of pyridine rings is 1. The molecule has 7 heteroatoms. The van der Waals surface area contributed by atoms with Crippen LogP contribution in [-0.4, -0.2) is 16.9 Å². The molecule has 4 N–H and O–H groups in total. The monoisotopic (exact) mass is 360 g/mol. The van der Waals surface area contributed by atoms with Gasteiger partial charge >= 0.3 is 0 Å². The van der Waals surface area contributed by atoms with Crippen molar-refractivity contribution in [2.24, 2.45) is 16.5 Å². The van der Waals surface area contributed by atoms with Crippen molar-refractivity contribution < 1.29 is 4.79 Å². The van der Waals surface area contributed by atoms with Crippen molar-refractivity contribution in [2.75, 3.05) is 0 Å². The average molecular weight is 361 g/mol. The van der Waals surface area contributed by atoms with Crippen LogP contribution in [-0.2, 0) is 6.42 Å². The second-order valence-corrected chi connectivity index (χ2v) is 6.16. The van der Waals surface area contributed by atoms with E-state index in [9.17, 15) is 4.79 Å². The van der Waals surface area contributed by atoms with Crippen LogP contribution in [0.2, 0.25) is 10.0 Å². The fourth-order valence-corrected chi connectivity index (χ4v) is 3.32. The molecule has 1 aromatic heterocycles. The highest BCUT2D eigenvalue weighted by Crippen LogP contribution is 2.38. The number of fused-ring (bicyclic) bond motifs is 1. The summed E-state index contributed by atoms with van der Waals surface area (Å²) < 4.78 is 0. The quantitative estimate of drug-likeness (QED) is 0.635. The molecule has 0 unspecified atom stereocenters. The highest BCUT2D eigenvalue weighted by Gasteiger charge is 2.20. The van der Waals surface area contributed by atoms with Crippen LogP contribution in [0.25, 0.3) is 5.57 Å². The van der Waals surface area contributed by atoms with Gasteiger partial charge in [0.2, 0.25) is 0 Å². The number of amides is 1. The van der Waals surface area contributed by atoms with Crippen LogP contribution in [0.5, 0.6) is 0 Å². The van der Waals surface area contributed by atoms with Gasteiger partial charge in [0, 0.05) is 23.5 Å². The number of carbonyl (C=O) groups excluding carboxylic acids is 1. The van der Waals surface area contributed by atoms with Crippen LogP contribution < -0.4 is 11.5 Å². The SMILES string of the molecule is NC(N)=NC(=O)c1ccc2c(c1)C(c1c(Cl)cncc1Cl)=CCC2. The van der Waals surface area contributed by atoms with Gasteiger partial charge in [0.25, 0.3) is 5.91 Å². The molecule has 0 radical (unpaired) electrons. The molecule has 0 atom stereocenters. The lowest BCUT2D eigenvalue weighted by Crippen LogP contribution is -2.24. The van der Waals surface area contributed by atoms with Gasteiger partial charge in [-0.05, 0) is 41.7 Å². The molecule has 0 bridgehead atoms. The maximum Gasteiger partial charge on any atom is 0.280 e. The molecule has 122 valence electrons. The summed E-state index contributed by atoms with van der Waals surface area (Å²) in [4.78, 5) is 19.7. The van der Waals surface area contributed by atoms with Gasteiger partial charge < -0.3 is 11.5 Å². The molecule has 24 heavy (non-hydrogen) atoms. The molecule has 0 saturated carbocycles. The van der Waals surface area contributed by atoms with E-state index in [4.69, 9.17) is 34.7 Å². The molecule has 5 nitrogen and oxygen atoms in total. The van der Waals surface area contributed by atoms with Crippen molar-refractivity contribution >= 4 is 40.6 Å². The first-order valence-corrected chi connectivity index (χ1v) is 7.99. The second kappa shape index (κ2) is 6.63. The van der Waals surface area contributed by atoms with Crippen molar-refractivity contribution in [1.29, 1.82) is 0 Å². The summed E-state index contributed by atoms with van der Waals surface area (Å²) in [6, 6.07) is 5.38. The Morgan fingerprint density at radius 2 is 1.88 bits per heavy atom.